The summed E-state index contributed by atoms with van der Waals surface area (Å²) in [6.45, 7) is 0. The zero-order chi connectivity index (χ0) is 18.1. The van der Waals surface area contributed by atoms with Crippen molar-refractivity contribution in [1.29, 1.82) is 0 Å². The molecule has 0 radical (unpaired) electrons. The minimum Gasteiger partial charge on any atom is -0.350 e. The highest BCUT2D eigenvalue weighted by molar-refractivity contribution is 6.07. The van der Waals surface area contributed by atoms with E-state index in [0.29, 0.717) is 5.56 Å². The first kappa shape index (κ1) is 16.4. The molecule has 1 heterocycles. The Morgan fingerprint density at radius 2 is 1.81 bits per heavy atom. The Balaban J connectivity index is 1.49. The molecule has 0 spiro atoms. The normalized spacial score (nSPS) is 16.1. The molecule has 26 heavy (non-hydrogen) atoms. The Morgan fingerprint density at radius 1 is 1.04 bits per heavy atom. The number of carbonyl (C=O) groups is 2. The van der Waals surface area contributed by atoms with E-state index in [2.05, 4.69) is 16.9 Å². The molecule has 2 N–H and O–H groups in total. The van der Waals surface area contributed by atoms with Crippen LogP contribution >= 0.6 is 0 Å². The van der Waals surface area contributed by atoms with E-state index in [-0.39, 0.29) is 17.7 Å². The van der Waals surface area contributed by atoms with Gasteiger partial charge in [0.25, 0.3) is 5.91 Å². The molecule has 0 saturated heterocycles. The van der Waals surface area contributed by atoms with Crippen molar-refractivity contribution in [2.75, 3.05) is 0 Å². The number of amides is 2. The fraction of sp³-hybridized carbons (Fsp3) is 0.238. The quantitative estimate of drug-likeness (QED) is 0.700. The number of nitrogens with one attached hydrogen (secondary N) is 2. The van der Waals surface area contributed by atoms with Crippen LogP contribution in [-0.4, -0.2) is 16.4 Å². The molecule has 1 aromatic heterocycles. The van der Waals surface area contributed by atoms with Crippen molar-refractivity contribution in [3.63, 3.8) is 0 Å². The van der Waals surface area contributed by atoms with Gasteiger partial charge in [0.15, 0.2) is 0 Å². The maximum atomic E-state index is 12.6. The summed E-state index contributed by atoms with van der Waals surface area (Å²) in [5.41, 5.74) is 9.01. The molecule has 5 heteroatoms. The lowest BCUT2D eigenvalue weighted by Crippen LogP contribution is -2.44. The smallest absolute Gasteiger partial charge is 0.271 e. The van der Waals surface area contributed by atoms with Crippen LogP contribution in [0.2, 0.25) is 0 Å². The molecule has 3 aromatic rings. The maximum Gasteiger partial charge on any atom is 0.271 e. The lowest BCUT2D eigenvalue weighted by molar-refractivity contribution is -0.123. The third-order valence-corrected chi connectivity index (χ3v) is 5.13. The van der Waals surface area contributed by atoms with Crippen molar-refractivity contribution in [2.24, 2.45) is 7.05 Å². The molecule has 1 atom stereocenters. The summed E-state index contributed by atoms with van der Waals surface area (Å²) in [6, 6.07) is 15.7. The van der Waals surface area contributed by atoms with Crippen LogP contribution in [-0.2, 0) is 18.3 Å². The Hall–Kier alpha value is -3.08. The van der Waals surface area contributed by atoms with Crippen LogP contribution in [0, 0.1) is 0 Å². The number of aromatic nitrogens is 1. The molecule has 4 rings (SSSR count). The summed E-state index contributed by atoms with van der Waals surface area (Å²) in [5, 5.41) is 0.866. The molecule has 2 aromatic carbocycles. The van der Waals surface area contributed by atoms with Gasteiger partial charge in [0.2, 0.25) is 5.91 Å². The Bertz CT molecular complexity index is 990. The third kappa shape index (κ3) is 2.86. The molecular weight excluding hydrogens is 326 g/mol. The van der Waals surface area contributed by atoms with Crippen molar-refractivity contribution in [3.05, 3.63) is 71.4 Å². The Labute approximate surface area is 152 Å². The van der Waals surface area contributed by atoms with Crippen LogP contribution in [0.3, 0.4) is 0 Å². The van der Waals surface area contributed by atoms with E-state index >= 15 is 0 Å². The largest absolute Gasteiger partial charge is 0.350 e. The van der Waals surface area contributed by atoms with Crippen LogP contribution in [0.15, 0.2) is 54.7 Å². The fourth-order valence-electron chi connectivity index (χ4n) is 3.82. The Kier molecular flexibility index (Phi) is 4.21. The van der Waals surface area contributed by atoms with E-state index in [4.69, 9.17) is 0 Å². The van der Waals surface area contributed by atoms with Gasteiger partial charge in [-0.05, 0) is 36.5 Å². The monoisotopic (exact) mass is 347 g/mol. The van der Waals surface area contributed by atoms with Gasteiger partial charge in [-0.25, -0.2) is 0 Å². The number of carbonyl (C=O) groups excluding carboxylic acids is 2. The molecule has 1 unspecified atom stereocenters. The minimum absolute atomic E-state index is 0.161. The minimum atomic E-state index is -0.306. The van der Waals surface area contributed by atoms with Gasteiger partial charge in [0.05, 0.1) is 11.5 Å². The summed E-state index contributed by atoms with van der Waals surface area (Å²) in [5.74, 6) is -0.683. The second-order valence-electron chi connectivity index (χ2n) is 6.76. The highest BCUT2D eigenvalue weighted by Gasteiger charge is 2.26. The first-order valence-electron chi connectivity index (χ1n) is 8.87. The van der Waals surface area contributed by atoms with Crippen LogP contribution in [0.25, 0.3) is 10.9 Å². The van der Waals surface area contributed by atoms with E-state index in [1.165, 1.54) is 5.56 Å². The summed E-state index contributed by atoms with van der Waals surface area (Å²) < 4.78 is 1.91. The molecule has 1 aliphatic carbocycles. The summed E-state index contributed by atoms with van der Waals surface area (Å²) in [7, 11) is 1.90. The number of hydrogen-bond acceptors (Lipinski definition) is 2. The predicted molar refractivity (Wildman–Crippen MR) is 101 cm³/mol. The predicted octanol–water partition coefficient (Wildman–Crippen LogP) is 3.06. The van der Waals surface area contributed by atoms with Gasteiger partial charge >= 0.3 is 0 Å². The number of nitrogens with zero attached hydrogens (tertiary/aromatic N) is 1. The number of rotatable bonds is 2. The van der Waals surface area contributed by atoms with E-state index < -0.39 is 0 Å². The van der Waals surface area contributed by atoms with E-state index in [9.17, 15) is 9.59 Å². The van der Waals surface area contributed by atoms with Crippen LogP contribution in [0.5, 0.6) is 0 Å². The summed E-state index contributed by atoms with van der Waals surface area (Å²) >= 11 is 0. The molecule has 2 amide bonds. The molecular formula is C21H21N3O2. The van der Waals surface area contributed by atoms with Gasteiger partial charge in [-0.2, -0.15) is 0 Å². The lowest BCUT2D eigenvalue weighted by atomic mass is 9.82. The highest BCUT2D eigenvalue weighted by Crippen LogP contribution is 2.31. The van der Waals surface area contributed by atoms with E-state index in [0.717, 1.165) is 35.7 Å². The van der Waals surface area contributed by atoms with Gasteiger partial charge in [0, 0.05) is 24.1 Å². The number of aryl methyl sites for hydroxylation is 2. The van der Waals surface area contributed by atoms with Gasteiger partial charge in [0.1, 0.15) is 0 Å². The molecule has 132 valence electrons. The number of para-hydroxylation sites is 1. The average molecular weight is 347 g/mol. The van der Waals surface area contributed by atoms with Crippen LogP contribution < -0.4 is 10.9 Å². The highest BCUT2D eigenvalue weighted by atomic mass is 16.2. The maximum absolute atomic E-state index is 12.6. The second kappa shape index (κ2) is 6.67. The van der Waals surface area contributed by atoms with Crippen LogP contribution in [0.4, 0.5) is 0 Å². The standard InChI is InChI=1S/C21H21N3O2/c1-24-13-18(16-10-4-5-12-19(16)24)21(26)23-22-20(25)17-11-6-8-14-7-2-3-9-15(14)17/h2-5,7,9-10,12-13,17H,6,8,11H2,1H3,(H,22,25)(H,23,26). The van der Waals surface area contributed by atoms with Gasteiger partial charge in [-0.1, -0.05) is 42.5 Å². The second-order valence-corrected chi connectivity index (χ2v) is 6.76. The van der Waals surface area contributed by atoms with Crippen LogP contribution in [0.1, 0.15) is 40.2 Å². The number of benzene rings is 2. The summed E-state index contributed by atoms with van der Waals surface area (Å²) in [4.78, 5) is 25.2. The average Bonchev–Trinajstić information content (AvgIpc) is 3.02. The first-order chi connectivity index (χ1) is 12.6. The molecule has 1 aliphatic rings. The van der Waals surface area contributed by atoms with Gasteiger partial charge in [-0.15, -0.1) is 0 Å². The fourth-order valence-corrected chi connectivity index (χ4v) is 3.82. The third-order valence-electron chi connectivity index (χ3n) is 5.13. The molecule has 0 saturated carbocycles. The topological polar surface area (TPSA) is 63.1 Å². The van der Waals surface area contributed by atoms with E-state index in [1.54, 1.807) is 6.20 Å². The van der Waals surface area contributed by atoms with Crippen molar-refractivity contribution in [3.8, 4) is 0 Å². The zero-order valence-corrected chi connectivity index (χ0v) is 14.7. The van der Waals surface area contributed by atoms with Crippen molar-refractivity contribution >= 4 is 22.7 Å². The van der Waals surface area contributed by atoms with Gasteiger partial charge in [-0.3, -0.25) is 20.4 Å². The number of fused-ring (bicyclic) bond motifs is 2. The molecule has 0 aliphatic heterocycles. The molecule has 5 nitrogen and oxygen atoms in total. The van der Waals surface area contributed by atoms with Gasteiger partial charge < -0.3 is 4.57 Å². The Morgan fingerprint density at radius 3 is 2.69 bits per heavy atom. The molecule has 0 fully saturated rings. The van der Waals surface area contributed by atoms with E-state index in [1.807, 2.05) is 54.1 Å². The summed E-state index contributed by atoms with van der Waals surface area (Å²) in [6.07, 6.45) is 4.56. The lowest BCUT2D eigenvalue weighted by Gasteiger charge is -2.24. The number of hydrazine groups is 1. The SMILES string of the molecule is Cn1cc(C(=O)NNC(=O)C2CCCc3ccccc32)c2ccccc21. The van der Waals surface area contributed by atoms with Crippen molar-refractivity contribution < 1.29 is 9.59 Å². The molecule has 0 bridgehead atoms. The van der Waals surface area contributed by atoms with Crippen molar-refractivity contribution in [2.45, 2.75) is 25.2 Å². The zero-order valence-electron chi connectivity index (χ0n) is 14.7. The van der Waals surface area contributed by atoms with Crippen molar-refractivity contribution in [1.82, 2.24) is 15.4 Å². The number of hydrogen-bond donors (Lipinski definition) is 2. The first-order valence-corrected chi connectivity index (χ1v) is 8.87.